The number of amides is 1. The lowest BCUT2D eigenvalue weighted by molar-refractivity contribution is -0.870. The first-order valence-electron chi connectivity index (χ1n) is 32.9. The lowest BCUT2D eigenvalue weighted by Crippen LogP contribution is -2.47. The van der Waals surface area contributed by atoms with E-state index in [-0.39, 0.29) is 31.5 Å². The maximum Gasteiger partial charge on any atom is 0.472 e. The number of ether oxygens (including phenoxy) is 1. The lowest BCUT2D eigenvalue weighted by atomic mass is 10.0. The molecule has 0 aliphatic heterocycles. The van der Waals surface area contributed by atoms with Crippen molar-refractivity contribution >= 4 is 19.7 Å². The van der Waals surface area contributed by atoms with E-state index < -0.39 is 20.0 Å². The summed E-state index contributed by atoms with van der Waals surface area (Å²) in [5.74, 6) is -0.540. The summed E-state index contributed by atoms with van der Waals surface area (Å²) >= 11 is 0. The number of quaternary nitrogens is 1. The van der Waals surface area contributed by atoms with Gasteiger partial charge in [-0.1, -0.05) is 260 Å². The lowest BCUT2D eigenvalue weighted by Gasteiger charge is -2.27. The van der Waals surface area contributed by atoms with Crippen molar-refractivity contribution in [3.05, 3.63) is 85.1 Å². The molecule has 0 aromatic carbocycles. The van der Waals surface area contributed by atoms with Crippen molar-refractivity contribution < 1.29 is 37.3 Å². The Hall–Kier alpha value is -2.81. The SMILES string of the molecule is CC/C=C\C/C=C\C/C=C\C/C=C\C/C=C\CCCCCC(=O)NC(COP(=O)(O)OCC[N+](C)(C)C)C(/C=C/CCCCCCCCCCC)OC(=O)CCCCCCCCCCCCCCC/C=C/CCCCCCCC. The average molecular weight is 1130 g/mol. The molecule has 9 nitrogen and oxygen atoms in total. The number of rotatable bonds is 59. The average Bonchev–Trinajstić information content (AvgIpc) is 3.41. The molecule has 0 heterocycles. The Morgan fingerprint density at radius 2 is 0.810 bits per heavy atom. The van der Waals surface area contributed by atoms with Crippen molar-refractivity contribution in [2.75, 3.05) is 40.9 Å². The van der Waals surface area contributed by atoms with Crippen LogP contribution in [0.3, 0.4) is 0 Å². The molecule has 0 aromatic heterocycles. The monoisotopic (exact) mass is 1130 g/mol. The molecule has 0 aliphatic rings. The predicted octanol–water partition coefficient (Wildman–Crippen LogP) is 20.6. The number of nitrogens with zero attached hydrogens (tertiary/aromatic N) is 1. The van der Waals surface area contributed by atoms with Gasteiger partial charge in [0.05, 0.1) is 33.8 Å². The molecule has 10 heteroatoms. The first kappa shape index (κ1) is 76.2. The fourth-order valence-electron chi connectivity index (χ4n) is 9.26. The van der Waals surface area contributed by atoms with Gasteiger partial charge >= 0.3 is 13.8 Å². The molecule has 0 saturated carbocycles. The topological polar surface area (TPSA) is 111 Å². The van der Waals surface area contributed by atoms with Gasteiger partial charge in [0.25, 0.3) is 0 Å². The van der Waals surface area contributed by atoms with E-state index in [4.69, 9.17) is 13.8 Å². The van der Waals surface area contributed by atoms with E-state index in [1.54, 1.807) is 0 Å². The van der Waals surface area contributed by atoms with Crippen molar-refractivity contribution in [3.8, 4) is 0 Å². The summed E-state index contributed by atoms with van der Waals surface area (Å²) in [5, 5.41) is 3.04. The minimum Gasteiger partial charge on any atom is -0.456 e. The van der Waals surface area contributed by atoms with Crippen LogP contribution < -0.4 is 5.32 Å². The zero-order chi connectivity index (χ0) is 57.9. The van der Waals surface area contributed by atoms with Crippen LogP contribution >= 0.6 is 7.82 Å². The number of phosphoric acid groups is 1. The van der Waals surface area contributed by atoms with Crippen molar-refractivity contribution in [2.45, 2.75) is 303 Å². The number of phosphoric ester groups is 1. The molecule has 0 aromatic rings. The maximum absolute atomic E-state index is 13.5. The summed E-state index contributed by atoms with van der Waals surface area (Å²) in [6.07, 6.45) is 77.4. The molecule has 458 valence electrons. The molecule has 3 unspecified atom stereocenters. The first-order valence-corrected chi connectivity index (χ1v) is 34.4. The highest BCUT2D eigenvalue weighted by molar-refractivity contribution is 7.47. The van der Waals surface area contributed by atoms with Gasteiger partial charge in [0.1, 0.15) is 19.3 Å². The van der Waals surface area contributed by atoms with E-state index in [1.165, 1.54) is 161 Å². The third kappa shape index (κ3) is 59.6. The van der Waals surface area contributed by atoms with Gasteiger partial charge in [-0.05, 0) is 102 Å². The highest BCUT2D eigenvalue weighted by Crippen LogP contribution is 2.43. The Balaban J connectivity index is 5.17. The number of allylic oxidation sites excluding steroid dienone is 13. The zero-order valence-electron chi connectivity index (χ0n) is 52.3. The highest BCUT2D eigenvalue weighted by atomic mass is 31.2. The van der Waals surface area contributed by atoms with E-state index in [0.717, 1.165) is 89.9 Å². The summed E-state index contributed by atoms with van der Waals surface area (Å²) in [6.45, 7) is 6.88. The molecule has 79 heavy (non-hydrogen) atoms. The van der Waals surface area contributed by atoms with Crippen molar-refractivity contribution in [3.63, 3.8) is 0 Å². The summed E-state index contributed by atoms with van der Waals surface area (Å²) in [7, 11) is 1.47. The Bertz CT molecular complexity index is 1630. The molecule has 0 radical (unpaired) electrons. The van der Waals surface area contributed by atoms with Gasteiger partial charge in [-0.15, -0.1) is 0 Å². The normalized spacial score (nSPS) is 14.2. The fourth-order valence-corrected chi connectivity index (χ4v) is 9.99. The van der Waals surface area contributed by atoms with E-state index in [1.807, 2.05) is 33.3 Å². The van der Waals surface area contributed by atoms with Gasteiger partial charge in [0, 0.05) is 12.8 Å². The second kappa shape index (κ2) is 58.4. The number of hydrogen-bond acceptors (Lipinski definition) is 6. The summed E-state index contributed by atoms with van der Waals surface area (Å²) < 4.78 is 30.7. The maximum atomic E-state index is 13.5. The van der Waals surface area contributed by atoms with Crippen LogP contribution in [0.5, 0.6) is 0 Å². The van der Waals surface area contributed by atoms with Crippen molar-refractivity contribution in [2.24, 2.45) is 0 Å². The van der Waals surface area contributed by atoms with Crippen LogP contribution in [0.4, 0.5) is 0 Å². The van der Waals surface area contributed by atoms with Gasteiger partial charge in [0.15, 0.2) is 0 Å². The smallest absolute Gasteiger partial charge is 0.456 e. The molecular weight excluding hydrogens is 1000 g/mol. The molecule has 1 amide bonds. The second-order valence-electron chi connectivity index (χ2n) is 23.3. The molecule has 3 atom stereocenters. The molecule has 0 spiro atoms. The predicted molar refractivity (Wildman–Crippen MR) is 341 cm³/mol. The number of carbonyl (C=O) groups excluding carboxylic acids is 2. The third-order valence-corrected chi connectivity index (χ3v) is 15.3. The molecule has 0 bridgehead atoms. The highest BCUT2D eigenvalue weighted by Gasteiger charge is 2.30. The number of hydrogen-bond donors (Lipinski definition) is 2. The zero-order valence-corrected chi connectivity index (χ0v) is 53.2. The Kier molecular flexibility index (Phi) is 56.3. The summed E-state index contributed by atoms with van der Waals surface area (Å²) in [6, 6.07) is -0.869. The van der Waals surface area contributed by atoms with Gasteiger partial charge in [0.2, 0.25) is 5.91 Å². The van der Waals surface area contributed by atoms with Gasteiger partial charge in [-0.25, -0.2) is 4.57 Å². The summed E-state index contributed by atoms with van der Waals surface area (Å²) in [5.41, 5.74) is 0. The van der Waals surface area contributed by atoms with Gasteiger partial charge in [-0.2, -0.15) is 0 Å². The Labute approximate surface area is 488 Å². The Morgan fingerprint density at radius 1 is 0.456 bits per heavy atom. The number of unbranched alkanes of at least 4 members (excludes halogenated alkanes) is 31. The van der Waals surface area contributed by atoms with Crippen LogP contribution in [0.1, 0.15) is 290 Å². The molecule has 0 aliphatic carbocycles. The molecule has 0 saturated heterocycles. The molecule has 0 rings (SSSR count). The van der Waals surface area contributed by atoms with Crippen molar-refractivity contribution in [1.82, 2.24) is 5.32 Å². The van der Waals surface area contributed by atoms with Crippen LogP contribution in [-0.2, 0) is 27.9 Å². The van der Waals surface area contributed by atoms with Crippen molar-refractivity contribution in [1.29, 1.82) is 0 Å². The number of likely N-dealkylation sites (N-methyl/N-ethyl adjacent to an activating group) is 1. The standard InChI is InChI=1S/C69H125N2O7P/c1-7-10-13-16-19-22-25-27-29-31-33-34-35-36-38-40-42-44-47-50-53-56-59-62-69(73)78-67(60-57-54-51-48-45-24-21-18-15-12-9-3)66(65-77-79(74,75)76-64-63-71(4,5)6)70-68(72)61-58-55-52-49-46-43-41-39-37-32-30-28-26-23-20-17-14-11-8-2/h11,14,20,23,27-30,37,39,43,46,57,60,66-67H,7-10,12-13,15-19,21-22,24-26,31-36,38,40-42,44-45,47-56,58-59,61-65H2,1-6H3,(H-,70,72,74,75)/p+1/b14-11-,23-20-,29-27+,30-28-,39-37-,46-43-,60-57+. The fraction of sp³-hybridized carbons (Fsp3) is 0.768. The van der Waals surface area contributed by atoms with Gasteiger partial charge < -0.3 is 19.4 Å². The number of nitrogens with one attached hydrogen (secondary N) is 1. The minimum absolute atomic E-state index is 0.0307. The molecule has 2 N–H and O–H groups in total. The summed E-state index contributed by atoms with van der Waals surface area (Å²) in [4.78, 5) is 37.8. The number of carbonyl (C=O) groups is 2. The number of esters is 1. The Morgan fingerprint density at radius 3 is 1.24 bits per heavy atom. The largest absolute Gasteiger partial charge is 0.472 e. The van der Waals surface area contributed by atoms with Crippen LogP contribution in [0.2, 0.25) is 0 Å². The molecular formula is C69H126N2O7P+. The van der Waals surface area contributed by atoms with Crippen LogP contribution in [0.15, 0.2) is 85.1 Å². The van der Waals surface area contributed by atoms with E-state index in [0.29, 0.717) is 23.9 Å². The van der Waals surface area contributed by atoms with Crippen LogP contribution in [0, 0.1) is 0 Å². The van der Waals surface area contributed by atoms with E-state index in [2.05, 4.69) is 99.0 Å². The van der Waals surface area contributed by atoms with E-state index >= 15 is 0 Å². The second-order valence-corrected chi connectivity index (χ2v) is 24.7. The van der Waals surface area contributed by atoms with Gasteiger partial charge in [-0.3, -0.25) is 18.6 Å². The molecule has 0 fully saturated rings. The third-order valence-electron chi connectivity index (χ3n) is 14.3. The quantitative estimate of drug-likeness (QED) is 0.0205. The van der Waals surface area contributed by atoms with E-state index in [9.17, 15) is 19.0 Å². The first-order chi connectivity index (χ1) is 38.4. The minimum atomic E-state index is -4.46. The van der Waals surface area contributed by atoms with Crippen LogP contribution in [0.25, 0.3) is 0 Å². The van der Waals surface area contributed by atoms with Crippen LogP contribution in [-0.4, -0.2) is 74.3 Å².